The van der Waals surface area contributed by atoms with Crippen molar-refractivity contribution < 1.29 is 9.90 Å². The maximum atomic E-state index is 12.3. The van der Waals surface area contributed by atoms with E-state index in [4.69, 9.17) is 23.1 Å². The van der Waals surface area contributed by atoms with Crippen LogP contribution >= 0.6 is 12.2 Å². The summed E-state index contributed by atoms with van der Waals surface area (Å²) >= 11 is 4.92. The Labute approximate surface area is 102 Å². The summed E-state index contributed by atoms with van der Waals surface area (Å²) in [5.41, 5.74) is 4.77. The molecule has 0 heterocycles. The number of carbonyl (C=O) groups is 1. The minimum Gasteiger partial charge on any atom is -0.395 e. The predicted molar refractivity (Wildman–Crippen MR) is 67.0 cm³/mol. The number of hydrogen-bond donors (Lipinski definition) is 2. The Hall–Kier alpha value is -0.680. The lowest BCUT2D eigenvalue weighted by Gasteiger charge is -2.41. The van der Waals surface area contributed by atoms with Crippen molar-refractivity contribution in [2.24, 2.45) is 11.1 Å². The van der Waals surface area contributed by atoms with Crippen LogP contribution in [0, 0.1) is 5.41 Å². The Morgan fingerprint density at radius 3 is 2.44 bits per heavy atom. The number of nitrogens with zero attached hydrogens (tertiary/aromatic N) is 1. The van der Waals surface area contributed by atoms with Crippen molar-refractivity contribution in [2.45, 2.75) is 39.2 Å². The van der Waals surface area contributed by atoms with Gasteiger partial charge in [-0.2, -0.15) is 0 Å². The van der Waals surface area contributed by atoms with Gasteiger partial charge in [0.1, 0.15) is 0 Å². The van der Waals surface area contributed by atoms with E-state index >= 15 is 0 Å². The molecule has 0 spiro atoms. The molecular formula is C11H20N2O2S. The van der Waals surface area contributed by atoms with E-state index in [0.717, 1.165) is 19.3 Å². The summed E-state index contributed by atoms with van der Waals surface area (Å²) in [6.45, 7) is 3.83. The van der Waals surface area contributed by atoms with Crippen LogP contribution in [0.1, 0.15) is 33.1 Å². The van der Waals surface area contributed by atoms with Crippen molar-refractivity contribution in [3.63, 3.8) is 0 Å². The number of thiocarbonyl (C=S) groups is 1. The molecule has 0 bridgehead atoms. The molecule has 5 heteroatoms. The van der Waals surface area contributed by atoms with Crippen molar-refractivity contribution in [1.29, 1.82) is 0 Å². The first-order valence-electron chi connectivity index (χ1n) is 5.63. The molecule has 1 aliphatic rings. The smallest absolute Gasteiger partial charge is 0.235 e. The Morgan fingerprint density at radius 2 is 2.12 bits per heavy atom. The number of rotatable bonds is 5. The van der Waals surface area contributed by atoms with Gasteiger partial charge in [-0.25, -0.2) is 0 Å². The molecule has 0 aromatic heterocycles. The molecule has 0 saturated heterocycles. The van der Waals surface area contributed by atoms with Gasteiger partial charge in [-0.15, -0.1) is 0 Å². The maximum absolute atomic E-state index is 12.3. The third-order valence-electron chi connectivity index (χ3n) is 3.27. The Morgan fingerprint density at radius 1 is 1.56 bits per heavy atom. The molecule has 0 atom stereocenters. The van der Waals surface area contributed by atoms with Gasteiger partial charge in [0, 0.05) is 12.6 Å². The first kappa shape index (κ1) is 13.4. The average molecular weight is 244 g/mol. The van der Waals surface area contributed by atoms with Crippen LogP contribution in [0.3, 0.4) is 0 Å². The highest BCUT2D eigenvalue weighted by Gasteiger charge is 2.38. The average Bonchev–Trinajstić information content (AvgIpc) is 2.12. The van der Waals surface area contributed by atoms with E-state index in [1.165, 1.54) is 0 Å². The van der Waals surface area contributed by atoms with Gasteiger partial charge >= 0.3 is 0 Å². The van der Waals surface area contributed by atoms with E-state index in [9.17, 15) is 4.79 Å². The number of aliphatic hydroxyl groups excluding tert-OH is 1. The number of nitrogens with two attached hydrogens (primary N) is 1. The molecule has 1 aliphatic carbocycles. The van der Waals surface area contributed by atoms with Crippen LogP contribution < -0.4 is 5.73 Å². The van der Waals surface area contributed by atoms with Crippen LogP contribution in [-0.4, -0.2) is 40.1 Å². The molecule has 16 heavy (non-hydrogen) atoms. The molecule has 1 rings (SSSR count). The Kier molecular flexibility index (Phi) is 4.27. The summed E-state index contributed by atoms with van der Waals surface area (Å²) in [5.74, 6) is -0.0706. The van der Waals surface area contributed by atoms with Gasteiger partial charge in [0.15, 0.2) is 0 Å². The predicted octanol–water partition coefficient (Wildman–Crippen LogP) is 0.672. The summed E-state index contributed by atoms with van der Waals surface area (Å²) in [7, 11) is 0. The van der Waals surface area contributed by atoms with Crippen molar-refractivity contribution in [3.8, 4) is 0 Å². The zero-order chi connectivity index (χ0) is 12.3. The Bertz CT molecular complexity index is 288. The maximum Gasteiger partial charge on any atom is 0.235 e. The molecule has 0 aliphatic heterocycles. The lowest BCUT2D eigenvalue weighted by molar-refractivity contribution is -0.141. The van der Waals surface area contributed by atoms with Gasteiger partial charge < -0.3 is 15.7 Å². The van der Waals surface area contributed by atoms with Crippen molar-refractivity contribution in [2.75, 3.05) is 13.2 Å². The van der Waals surface area contributed by atoms with Crippen molar-refractivity contribution in [1.82, 2.24) is 4.90 Å². The molecule has 3 N–H and O–H groups in total. The largest absolute Gasteiger partial charge is 0.395 e. The summed E-state index contributed by atoms with van der Waals surface area (Å²) < 4.78 is 0. The fourth-order valence-corrected chi connectivity index (χ4v) is 1.81. The fourth-order valence-electron chi connectivity index (χ4n) is 1.72. The summed E-state index contributed by atoms with van der Waals surface area (Å²) in [5, 5.41) is 9.00. The second-order valence-electron chi connectivity index (χ2n) is 4.80. The Balaban J connectivity index is 2.77. The van der Waals surface area contributed by atoms with Crippen LogP contribution in [0.4, 0.5) is 0 Å². The zero-order valence-corrected chi connectivity index (χ0v) is 10.7. The molecule has 0 radical (unpaired) electrons. The SMILES string of the molecule is CC(C)(C(=O)N(CCO)C1CCC1)C(N)=S. The van der Waals surface area contributed by atoms with Gasteiger partial charge in [-0.3, -0.25) is 4.79 Å². The third kappa shape index (κ3) is 2.52. The van der Waals surface area contributed by atoms with Crippen LogP contribution in [-0.2, 0) is 4.79 Å². The minimum absolute atomic E-state index is 0.0182. The number of amides is 1. The van der Waals surface area contributed by atoms with Crippen LogP contribution in [0.25, 0.3) is 0 Å². The van der Waals surface area contributed by atoms with E-state index in [1.807, 2.05) is 0 Å². The summed E-state index contributed by atoms with van der Waals surface area (Å²) in [6.07, 6.45) is 3.17. The topological polar surface area (TPSA) is 66.6 Å². The van der Waals surface area contributed by atoms with Crippen molar-refractivity contribution in [3.05, 3.63) is 0 Å². The lowest BCUT2D eigenvalue weighted by Crippen LogP contribution is -2.53. The van der Waals surface area contributed by atoms with Gasteiger partial charge in [-0.1, -0.05) is 12.2 Å². The number of aliphatic hydroxyl groups is 1. The lowest BCUT2D eigenvalue weighted by atomic mass is 9.86. The molecule has 0 aromatic rings. The van der Waals surface area contributed by atoms with Crippen molar-refractivity contribution >= 4 is 23.1 Å². The first-order chi connectivity index (χ1) is 7.41. The van der Waals surface area contributed by atoms with Crippen LogP contribution in [0.15, 0.2) is 0 Å². The molecule has 1 saturated carbocycles. The molecular weight excluding hydrogens is 224 g/mol. The number of carbonyl (C=O) groups excluding carboxylic acids is 1. The zero-order valence-electron chi connectivity index (χ0n) is 9.90. The van der Waals surface area contributed by atoms with E-state index < -0.39 is 5.41 Å². The van der Waals surface area contributed by atoms with Gasteiger partial charge in [0.25, 0.3) is 0 Å². The van der Waals surface area contributed by atoms with Crippen LogP contribution in [0.5, 0.6) is 0 Å². The second-order valence-corrected chi connectivity index (χ2v) is 5.24. The van der Waals surface area contributed by atoms with Crippen LogP contribution in [0.2, 0.25) is 0 Å². The molecule has 0 aromatic carbocycles. The minimum atomic E-state index is -0.819. The third-order valence-corrected chi connectivity index (χ3v) is 3.78. The molecule has 0 unspecified atom stereocenters. The molecule has 1 amide bonds. The molecule has 92 valence electrons. The standard InChI is InChI=1S/C11H20N2O2S/c1-11(2,9(12)16)10(15)13(6-7-14)8-4-3-5-8/h8,14H,3-7H2,1-2H3,(H2,12,16). The first-order valence-corrected chi connectivity index (χ1v) is 6.04. The molecule has 4 nitrogen and oxygen atoms in total. The summed E-state index contributed by atoms with van der Waals surface area (Å²) in [4.78, 5) is 14.2. The van der Waals surface area contributed by atoms with E-state index in [1.54, 1.807) is 18.7 Å². The highest BCUT2D eigenvalue weighted by molar-refractivity contribution is 7.80. The normalized spacial score (nSPS) is 16.7. The highest BCUT2D eigenvalue weighted by atomic mass is 32.1. The van der Waals surface area contributed by atoms with Gasteiger partial charge in [0.2, 0.25) is 5.91 Å². The second kappa shape index (κ2) is 5.10. The quantitative estimate of drug-likeness (QED) is 0.698. The number of hydrogen-bond acceptors (Lipinski definition) is 3. The van der Waals surface area contributed by atoms with Gasteiger partial charge in [0.05, 0.1) is 17.0 Å². The fraction of sp³-hybridized carbons (Fsp3) is 0.818. The summed E-state index contributed by atoms with van der Waals surface area (Å²) in [6, 6.07) is 0.258. The van der Waals surface area contributed by atoms with E-state index in [-0.39, 0.29) is 23.5 Å². The van der Waals surface area contributed by atoms with E-state index in [2.05, 4.69) is 0 Å². The molecule has 1 fully saturated rings. The van der Waals surface area contributed by atoms with Gasteiger partial charge in [-0.05, 0) is 33.1 Å². The van der Waals surface area contributed by atoms with E-state index in [0.29, 0.717) is 6.54 Å². The monoisotopic (exact) mass is 244 g/mol. The highest BCUT2D eigenvalue weighted by Crippen LogP contribution is 2.29.